The smallest absolute Gasteiger partial charge is 0.395 e. The molecule has 36 heavy (non-hydrogen) atoms. The molecule has 0 bridgehead atoms. The van der Waals surface area contributed by atoms with E-state index in [4.69, 9.17) is 0 Å². The van der Waals surface area contributed by atoms with E-state index in [-0.39, 0.29) is 23.1 Å². The Morgan fingerprint density at radius 3 is 2.64 bits per heavy atom. The quantitative estimate of drug-likeness (QED) is 0.438. The van der Waals surface area contributed by atoms with E-state index in [1.54, 1.807) is 30.3 Å². The summed E-state index contributed by atoms with van der Waals surface area (Å²) in [5.74, 6) is -0.0962. The molecule has 0 radical (unpaired) electrons. The second kappa shape index (κ2) is 7.74. The van der Waals surface area contributed by atoms with Gasteiger partial charge >= 0.3 is 12.0 Å². The lowest BCUT2D eigenvalue weighted by Gasteiger charge is -2.17. The van der Waals surface area contributed by atoms with E-state index < -0.39 is 11.7 Å². The lowest BCUT2D eigenvalue weighted by Crippen LogP contribution is -2.28. The second-order valence-corrected chi connectivity index (χ2v) is 8.78. The van der Waals surface area contributed by atoms with Crippen molar-refractivity contribution in [1.29, 1.82) is 0 Å². The minimum absolute atomic E-state index is 0.0656. The Morgan fingerprint density at radius 1 is 1.08 bits per heavy atom. The predicted octanol–water partition coefficient (Wildman–Crippen LogP) is 3.92. The van der Waals surface area contributed by atoms with E-state index in [2.05, 4.69) is 29.9 Å². The zero-order chi connectivity index (χ0) is 25.1. The molecule has 4 aromatic rings. The number of anilines is 1. The summed E-state index contributed by atoms with van der Waals surface area (Å²) in [5.41, 5.74) is 2.17. The minimum atomic E-state index is -3.72. The Balaban J connectivity index is 1.27. The van der Waals surface area contributed by atoms with Crippen molar-refractivity contribution in [1.82, 2.24) is 19.7 Å². The van der Waals surface area contributed by atoms with E-state index in [1.807, 2.05) is 19.1 Å². The van der Waals surface area contributed by atoms with Crippen LogP contribution in [0.25, 0.3) is 16.9 Å². The number of aromatic nitrogens is 4. The molecule has 3 heterocycles. The third kappa shape index (κ3) is 3.69. The molecular formula is C25H19F2N5O4. The number of amides is 1. The average molecular weight is 491 g/mol. The van der Waals surface area contributed by atoms with Gasteiger partial charge in [-0.2, -0.15) is 9.78 Å². The molecule has 1 amide bonds. The molecule has 2 N–H and O–H groups in total. The molecule has 0 atom stereocenters. The summed E-state index contributed by atoms with van der Waals surface area (Å²) in [5, 5.41) is 6.88. The van der Waals surface area contributed by atoms with Crippen molar-refractivity contribution in [3.05, 3.63) is 82.5 Å². The van der Waals surface area contributed by atoms with Crippen LogP contribution in [0, 0.1) is 6.92 Å². The summed E-state index contributed by atoms with van der Waals surface area (Å²) >= 11 is 0. The van der Waals surface area contributed by atoms with Crippen molar-refractivity contribution in [2.75, 3.05) is 5.32 Å². The van der Waals surface area contributed by atoms with Crippen LogP contribution < -0.4 is 20.5 Å². The lowest BCUT2D eigenvalue weighted by atomic mass is 9.94. The number of pyridine rings is 1. The van der Waals surface area contributed by atoms with E-state index in [0.29, 0.717) is 35.6 Å². The van der Waals surface area contributed by atoms with Gasteiger partial charge in [0.2, 0.25) is 5.91 Å². The van der Waals surface area contributed by atoms with Gasteiger partial charge < -0.3 is 14.8 Å². The molecule has 9 nitrogen and oxygen atoms in total. The maximum Gasteiger partial charge on any atom is 0.586 e. The average Bonchev–Trinajstić information content (AvgIpc) is 3.45. The third-order valence-corrected chi connectivity index (χ3v) is 6.39. The van der Waals surface area contributed by atoms with Crippen molar-refractivity contribution in [3.63, 3.8) is 0 Å². The van der Waals surface area contributed by atoms with Crippen molar-refractivity contribution in [2.45, 2.75) is 31.5 Å². The molecule has 1 saturated carbocycles. The molecule has 11 heteroatoms. The minimum Gasteiger partial charge on any atom is -0.395 e. The number of alkyl halides is 2. The Labute approximate surface area is 202 Å². The number of nitrogens with one attached hydrogen (secondary N) is 2. The number of fused-ring (bicyclic) bond motifs is 1. The van der Waals surface area contributed by atoms with Crippen LogP contribution in [0.3, 0.4) is 0 Å². The standard InChI is InChI=1S/C25H19F2N5O4/c1-14-5-8-20(30-21(14)15-3-2-4-17(11-15)32-23(34)28-13-29-32)31-22(33)24(9-10-24)16-6-7-18-19(12-16)36-25(26,27)35-18/h2-8,11-13H,9-10H2,1H3,(H,28,29,34)(H,30,31,33). The van der Waals surface area contributed by atoms with Gasteiger partial charge in [0.05, 0.1) is 16.8 Å². The SMILES string of the molecule is Cc1ccc(NC(=O)C2(c3ccc4c(c3)OC(F)(F)O4)CC2)nc1-c1cccc(-n2nc[nH]c2=O)c1. The van der Waals surface area contributed by atoms with Crippen LogP contribution in [-0.2, 0) is 10.2 Å². The summed E-state index contributed by atoms with van der Waals surface area (Å²) in [6.45, 7) is 1.89. The summed E-state index contributed by atoms with van der Waals surface area (Å²) in [6.07, 6.45) is -1.28. The number of aryl methyl sites for hydroxylation is 1. The zero-order valence-corrected chi connectivity index (χ0v) is 18.9. The number of benzene rings is 2. The van der Waals surface area contributed by atoms with Crippen molar-refractivity contribution < 1.29 is 23.0 Å². The Kier molecular flexibility index (Phi) is 4.72. The van der Waals surface area contributed by atoms with Gasteiger partial charge in [0.25, 0.3) is 0 Å². The molecule has 182 valence electrons. The molecule has 1 aliphatic carbocycles. The van der Waals surface area contributed by atoms with Gasteiger partial charge in [-0.15, -0.1) is 8.78 Å². The van der Waals surface area contributed by atoms with E-state index >= 15 is 0 Å². The predicted molar refractivity (Wildman–Crippen MR) is 124 cm³/mol. The van der Waals surface area contributed by atoms with Crippen LogP contribution >= 0.6 is 0 Å². The molecule has 0 saturated heterocycles. The number of carbonyl (C=O) groups excluding carboxylic acids is 1. The highest BCUT2D eigenvalue weighted by molar-refractivity contribution is 6.01. The van der Waals surface area contributed by atoms with Gasteiger partial charge in [-0.1, -0.05) is 24.3 Å². The van der Waals surface area contributed by atoms with E-state index in [1.165, 1.54) is 23.1 Å². The molecule has 6 rings (SSSR count). The summed E-state index contributed by atoms with van der Waals surface area (Å²) in [7, 11) is 0. The fourth-order valence-electron chi connectivity index (χ4n) is 4.37. The molecule has 0 spiro atoms. The molecule has 1 aliphatic heterocycles. The number of nitrogens with zero attached hydrogens (tertiary/aromatic N) is 3. The fourth-order valence-corrected chi connectivity index (χ4v) is 4.37. The molecule has 1 fully saturated rings. The monoisotopic (exact) mass is 491 g/mol. The Hall–Kier alpha value is -4.54. The number of hydrogen-bond donors (Lipinski definition) is 2. The molecular weight excluding hydrogens is 472 g/mol. The van der Waals surface area contributed by atoms with E-state index in [9.17, 15) is 18.4 Å². The Morgan fingerprint density at radius 2 is 1.89 bits per heavy atom. The molecule has 0 unspecified atom stereocenters. The number of carbonyl (C=O) groups is 1. The summed E-state index contributed by atoms with van der Waals surface area (Å²) < 4.78 is 37.1. The zero-order valence-electron chi connectivity index (χ0n) is 18.9. The van der Waals surface area contributed by atoms with Gasteiger partial charge in [0.15, 0.2) is 11.5 Å². The maximum atomic E-state index is 13.4. The first-order valence-corrected chi connectivity index (χ1v) is 11.2. The van der Waals surface area contributed by atoms with Crippen molar-refractivity contribution in [2.24, 2.45) is 0 Å². The van der Waals surface area contributed by atoms with Crippen molar-refractivity contribution >= 4 is 11.7 Å². The number of halogens is 2. The normalized spacial score (nSPS) is 16.5. The van der Waals surface area contributed by atoms with Crippen LogP contribution in [0.4, 0.5) is 14.6 Å². The van der Waals surface area contributed by atoms with Crippen LogP contribution in [0.5, 0.6) is 11.5 Å². The highest BCUT2D eigenvalue weighted by Gasteiger charge is 2.53. The lowest BCUT2D eigenvalue weighted by molar-refractivity contribution is -0.286. The topological polar surface area (TPSA) is 111 Å². The molecule has 2 aromatic carbocycles. The van der Waals surface area contributed by atoms with E-state index in [0.717, 1.165) is 11.1 Å². The highest BCUT2D eigenvalue weighted by atomic mass is 19.3. The molecule has 2 aromatic heterocycles. The van der Waals surface area contributed by atoms with Crippen LogP contribution in [-0.4, -0.2) is 32.0 Å². The highest BCUT2D eigenvalue weighted by Crippen LogP contribution is 2.52. The Bertz CT molecular complexity index is 1570. The van der Waals surface area contributed by atoms with Gasteiger partial charge in [0, 0.05) is 5.56 Å². The van der Waals surface area contributed by atoms with Gasteiger partial charge in [-0.3, -0.25) is 9.78 Å². The molecule has 2 aliphatic rings. The van der Waals surface area contributed by atoms with Crippen LogP contribution in [0.15, 0.2) is 65.7 Å². The number of ether oxygens (including phenoxy) is 2. The fraction of sp³-hybridized carbons (Fsp3) is 0.200. The van der Waals surface area contributed by atoms with Crippen LogP contribution in [0.1, 0.15) is 24.0 Å². The number of rotatable bonds is 5. The number of hydrogen-bond acceptors (Lipinski definition) is 6. The summed E-state index contributed by atoms with van der Waals surface area (Å²) in [4.78, 5) is 32.4. The van der Waals surface area contributed by atoms with Crippen LogP contribution in [0.2, 0.25) is 0 Å². The van der Waals surface area contributed by atoms with Gasteiger partial charge in [-0.05, 0) is 61.2 Å². The first-order valence-electron chi connectivity index (χ1n) is 11.2. The first kappa shape index (κ1) is 22.0. The van der Waals surface area contributed by atoms with Gasteiger partial charge in [-0.25, -0.2) is 9.78 Å². The maximum absolute atomic E-state index is 13.4. The summed E-state index contributed by atoms with van der Waals surface area (Å²) in [6, 6.07) is 15.2. The third-order valence-electron chi connectivity index (χ3n) is 6.39. The number of H-pyrrole nitrogens is 1. The largest absolute Gasteiger partial charge is 0.586 e. The van der Waals surface area contributed by atoms with Gasteiger partial charge in [0.1, 0.15) is 12.1 Å². The van der Waals surface area contributed by atoms with Crippen molar-refractivity contribution in [3.8, 4) is 28.4 Å². The first-order chi connectivity index (χ1) is 17.2. The number of aromatic amines is 1. The second-order valence-electron chi connectivity index (χ2n) is 8.78.